The van der Waals surface area contributed by atoms with E-state index in [1.165, 1.54) is 18.2 Å². The number of halogens is 3. The Kier molecular flexibility index (Phi) is 4.78. The van der Waals surface area contributed by atoms with Gasteiger partial charge in [-0.3, -0.25) is 0 Å². The maximum absolute atomic E-state index is 13.0. The van der Waals surface area contributed by atoms with Crippen molar-refractivity contribution in [2.45, 2.75) is 18.2 Å². The molecule has 1 aliphatic heterocycles. The van der Waals surface area contributed by atoms with Crippen molar-refractivity contribution in [1.29, 1.82) is 0 Å². The highest BCUT2D eigenvalue weighted by Crippen LogP contribution is 2.37. The molecule has 1 heterocycles. The van der Waals surface area contributed by atoms with Crippen LogP contribution in [-0.4, -0.2) is 24.3 Å². The van der Waals surface area contributed by atoms with Crippen LogP contribution < -0.4 is 15.4 Å². The minimum Gasteiger partial charge on any atom is -0.493 e. The molecule has 0 bridgehead atoms. The first-order chi connectivity index (χ1) is 12.3. The number of carbonyl (C=O) groups excluding carboxylic acids is 1. The standard InChI is InChI=1S/C18H17F3N2O3/c19-18(20,21)12-5-1-3-7-14(12)23-16(24)22-11-17(25)9-10-26-15-8-4-2-6-13(15)17/h1-8,25H,9-11H2,(H2,22,23,24)/t17-/m0/s1. The Hall–Kier alpha value is -2.74. The van der Waals surface area contributed by atoms with Crippen molar-refractivity contribution in [1.82, 2.24) is 5.32 Å². The molecule has 0 aliphatic carbocycles. The Labute approximate surface area is 147 Å². The molecule has 3 rings (SSSR count). The summed E-state index contributed by atoms with van der Waals surface area (Å²) in [6.45, 7) is 0.112. The fourth-order valence-corrected chi connectivity index (χ4v) is 2.86. The lowest BCUT2D eigenvalue weighted by atomic mass is 9.88. The molecule has 0 saturated heterocycles. The molecule has 5 nitrogen and oxygen atoms in total. The summed E-state index contributed by atoms with van der Waals surface area (Å²) in [6.07, 6.45) is -4.33. The fourth-order valence-electron chi connectivity index (χ4n) is 2.86. The van der Waals surface area contributed by atoms with E-state index in [1.807, 2.05) is 0 Å². The molecule has 2 amide bonds. The Balaban J connectivity index is 1.69. The second-order valence-electron chi connectivity index (χ2n) is 5.98. The van der Waals surface area contributed by atoms with E-state index in [0.717, 1.165) is 6.07 Å². The summed E-state index contributed by atoms with van der Waals surface area (Å²) in [4.78, 5) is 12.1. The molecular formula is C18H17F3N2O3. The summed E-state index contributed by atoms with van der Waals surface area (Å²) >= 11 is 0. The van der Waals surface area contributed by atoms with Crippen LogP contribution in [0.3, 0.4) is 0 Å². The number of nitrogens with one attached hydrogen (secondary N) is 2. The molecule has 3 N–H and O–H groups in total. The number of benzene rings is 2. The van der Waals surface area contributed by atoms with Crippen LogP contribution in [0.5, 0.6) is 5.75 Å². The normalized spacial score (nSPS) is 19.2. The number of urea groups is 1. The molecule has 0 fully saturated rings. The third kappa shape index (κ3) is 3.75. The smallest absolute Gasteiger partial charge is 0.418 e. The van der Waals surface area contributed by atoms with E-state index in [2.05, 4.69) is 10.6 Å². The number of aliphatic hydroxyl groups is 1. The second-order valence-corrected chi connectivity index (χ2v) is 5.98. The van der Waals surface area contributed by atoms with Gasteiger partial charge in [0, 0.05) is 12.0 Å². The maximum atomic E-state index is 13.0. The summed E-state index contributed by atoms with van der Waals surface area (Å²) < 4.78 is 44.4. The number of hydrogen-bond acceptors (Lipinski definition) is 3. The van der Waals surface area contributed by atoms with Crippen molar-refractivity contribution in [3.8, 4) is 5.75 Å². The number of para-hydroxylation sites is 2. The molecule has 0 unspecified atom stereocenters. The lowest BCUT2D eigenvalue weighted by Gasteiger charge is -2.34. The highest BCUT2D eigenvalue weighted by atomic mass is 19.4. The minimum atomic E-state index is -4.58. The zero-order valence-corrected chi connectivity index (χ0v) is 13.6. The van der Waals surface area contributed by atoms with Gasteiger partial charge in [0.2, 0.25) is 0 Å². The molecule has 0 radical (unpaired) electrons. The van der Waals surface area contributed by atoms with E-state index in [1.54, 1.807) is 24.3 Å². The number of fused-ring (bicyclic) bond motifs is 1. The Morgan fingerprint density at radius 2 is 1.85 bits per heavy atom. The van der Waals surface area contributed by atoms with Gasteiger partial charge in [0.15, 0.2) is 0 Å². The number of amides is 2. The summed E-state index contributed by atoms with van der Waals surface area (Å²) in [5.41, 5.74) is -2.11. The first kappa shape index (κ1) is 18.1. The van der Waals surface area contributed by atoms with Gasteiger partial charge in [0.05, 0.1) is 24.4 Å². The van der Waals surface area contributed by atoms with E-state index in [9.17, 15) is 23.1 Å². The summed E-state index contributed by atoms with van der Waals surface area (Å²) in [7, 11) is 0. The van der Waals surface area contributed by atoms with Gasteiger partial charge >= 0.3 is 12.2 Å². The van der Waals surface area contributed by atoms with Crippen molar-refractivity contribution in [3.63, 3.8) is 0 Å². The predicted molar refractivity (Wildman–Crippen MR) is 88.9 cm³/mol. The van der Waals surface area contributed by atoms with E-state index < -0.39 is 23.4 Å². The summed E-state index contributed by atoms with van der Waals surface area (Å²) in [5.74, 6) is 0.519. The van der Waals surface area contributed by atoms with Crippen molar-refractivity contribution in [2.24, 2.45) is 0 Å². The fraction of sp³-hybridized carbons (Fsp3) is 0.278. The molecule has 0 spiro atoms. The molecule has 8 heteroatoms. The molecule has 2 aromatic rings. The van der Waals surface area contributed by atoms with Crippen LogP contribution in [0.4, 0.5) is 23.7 Å². The third-order valence-corrected chi connectivity index (χ3v) is 4.18. The lowest BCUT2D eigenvalue weighted by molar-refractivity contribution is -0.136. The van der Waals surface area contributed by atoms with Crippen LogP contribution in [0.25, 0.3) is 0 Å². The van der Waals surface area contributed by atoms with Crippen molar-refractivity contribution < 1.29 is 27.8 Å². The highest BCUT2D eigenvalue weighted by molar-refractivity contribution is 5.90. The van der Waals surface area contributed by atoms with Crippen LogP contribution in [0.1, 0.15) is 17.5 Å². The maximum Gasteiger partial charge on any atom is 0.418 e. The molecule has 138 valence electrons. The zero-order valence-electron chi connectivity index (χ0n) is 13.6. The average Bonchev–Trinajstić information content (AvgIpc) is 2.60. The molecule has 2 aromatic carbocycles. The van der Waals surface area contributed by atoms with Gasteiger partial charge in [-0.25, -0.2) is 4.79 Å². The van der Waals surface area contributed by atoms with Gasteiger partial charge in [-0.1, -0.05) is 30.3 Å². The average molecular weight is 366 g/mol. The quantitative estimate of drug-likeness (QED) is 0.779. The molecule has 1 atom stereocenters. The van der Waals surface area contributed by atoms with Crippen LogP contribution >= 0.6 is 0 Å². The third-order valence-electron chi connectivity index (χ3n) is 4.18. The van der Waals surface area contributed by atoms with Crippen molar-refractivity contribution in [2.75, 3.05) is 18.5 Å². The summed E-state index contributed by atoms with van der Waals surface area (Å²) in [6, 6.07) is 10.8. The first-order valence-electron chi connectivity index (χ1n) is 7.95. The van der Waals surface area contributed by atoms with Crippen molar-refractivity contribution in [3.05, 3.63) is 59.7 Å². The molecule has 0 aromatic heterocycles. The largest absolute Gasteiger partial charge is 0.493 e. The number of alkyl halides is 3. The van der Waals surface area contributed by atoms with E-state index in [4.69, 9.17) is 4.74 Å². The monoisotopic (exact) mass is 366 g/mol. The van der Waals surface area contributed by atoms with Gasteiger partial charge in [0.25, 0.3) is 0 Å². The van der Waals surface area contributed by atoms with E-state index >= 15 is 0 Å². The molecule has 1 aliphatic rings. The number of anilines is 1. The first-order valence-corrected chi connectivity index (χ1v) is 7.95. The molecular weight excluding hydrogens is 349 g/mol. The van der Waals surface area contributed by atoms with Gasteiger partial charge in [0.1, 0.15) is 11.4 Å². The highest BCUT2D eigenvalue weighted by Gasteiger charge is 2.36. The zero-order chi connectivity index (χ0) is 18.8. The van der Waals surface area contributed by atoms with E-state index in [0.29, 0.717) is 11.3 Å². The van der Waals surface area contributed by atoms with Crippen molar-refractivity contribution >= 4 is 11.7 Å². The predicted octanol–water partition coefficient (Wildman–Crippen LogP) is 3.50. The summed E-state index contributed by atoms with van der Waals surface area (Å²) in [5, 5.41) is 15.4. The lowest BCUT2D eigenvalue weighted by Crippen LogP contribution is -2.45. The number of ether oxygens (including phenoxy) is 1. The topological polar surface area (TPSA) is 70.6 Å². The minimum absolute atomic E-state index is 0.159. The van der Waals surface area contributed by atoms with Crippen LogP contribution in [-0.2, 0) is 11.8 Å². The van der Waals surface area contributed by atoms with Gasteiger partial charge < -0.3 is 20.5 Å². The molecule has 0 saturated carbocycles. The van der Waals surface area contributed by atoms with Gasteiger partial charge in [-0.05, 0) is 18.2 Å². The number of rotatable bonds is 3. The Bertz CT molecular complexity index is 810. The van der Waals surface area contributed by atoms with Gasteiger partial charge in [-0.15, -0.1) is 0 Å². The second kappa shape index (κ2) is 6.87. The Morgan fingerprint density at radius 1 is 1.15 bits per heavy atom. The Morgan fingerprint density at radius 3 is 2.62 bits per heavy atom. The number of hydrogen-bond donors (Lipinski definition) is 3. The van der Waals surface area contributed by atoms with Crippen LogP contribution in [0, 0.1) is 0 Å². The van der Waals surface area contributed by atoms with E-state index in [-0.39, 0.29) is 25.3 Å². The molecule has 26 heavy (non-hydrogen) atoms. The SMILES string of the molecule is O=C(NC[C@@]1(O)CCOc2ccccc21)Nc1ccccc1C(F)(F)F. The van der Waals surface area contributed by atoms with Crippen LogP contribution in [0.15, 0.2) is 48.5 Å². The van der Waals surface area contributed by atoms with Crippen LogP contribution in [0.2, 0.25) is 0 Å². The number of carbonyl (C=O) groups is 1. The van der Waals surface area contributed by atoms with Gasteiger partial charge in [-0.2, -0.15) is 13.2 Å².